The molecule has 0 spiro atoms. The van der Waals surface area contributed by atoms with Gasteiger partial charge in [-0.15, -0.1) is 48.1 Å². The Morgan fingerprint density at radius 2 is 0.897 bits per heavy atom. The van der Waals surface area contributed by atoms with E-state index in [0.29, 0.717) is 11.5 Å². The van der Waals surface area contributed by atoms with Crippen LogP contribution in [0.2, 0.25) is 0 Å². The summed E-state index contributed by atoms with van der Waals surface area (Å²) < 4.78 is 9.01. The molecule has 0 bridgehead atoms. The number of hydrogen-bond donors (Lipinski definition) is 0. The van der Waals surface area contributed by atoms with Gasteiger partial charge in [0.2, 0.25) is 0 Å². The van der Waals surface area contributed by atoms with E-state index in [1.165, 1.54) is 55.6 Å². The van der Waals surface area contributed by atoms with Crippen molar-refractivity contribution in [2.24, 2.45) is 0 Å². The standard InChI is InChI=1S/C72H79N4O.Pt/c1-67(2,3)48-32-33-73-65(42-48)76-61-27-20-19-26-57(61)58-31-30-56(44-64(58)76)77-55-25-23-24-54(43-55)74-45-75(63-29-22-21-28-62(63)74)66-59(46-34-49(68(4,5)6)38-50(35-46)69(7,8)9)40-53(72(16,17)18)41-60(66)47-36-51(70(10,11)12)39-52(37-47)71(13,14)15;/h19-42,45H,1-18H3;/q-3;. The third kappa shape index (κ3) is 11.0. The molecule has 0 atom stereocenters. The third-order valence-corrected chi connectivity index (χ3v) is 15.4. The maximum atomic E-state index is 6.81. The quantitative estimate of drug-likeness (QED) is 0.149. The molecular weight excluding hydrogens is 1130 g/mol. The van der Waals surface area contributed by atoms with Crippen LogP contribution in [0.1, 0.15) is 158 Å². The second kappa shape index (κ2) is 20.0. The number of fused-ring (bicyclic) bond motifs is 4. The van der Waals surface area contributed by atoms with Crippen molar-refractivity contribution in [3.05, 3.63) is 198 Å². The normalized spacial score (nSPS) is 13.6. The molecule has 0 saturated heterocycles. The summed E-state index contributed by atoms with van der Waals surface area (Å²) >= 11 is 0. The van der Waals surface area contributed by atoms with Gasteiger partial charge >= 0.3 is 0 Å². The minimum absolute atomic E-state index is 0. The van der Waals surface area contributed by atoms with E-state index >= 15 is 0 Å². The number of aromatic nitrogens is 2. The maximum Gasteiger partial charge on any atom is 0.135 e. The van der Waals surface area contributed by atoms with E-state index in [0.717, 1.165) is 50.4 Å². The fourth-order valence-corrected chi connectivity index (χ4v) is 10.5. The first-order valence-corrected chi connectivity index (χ1v) is 27.6. The van der Waals surface area contributed by atoms with Crippen molar-refractivity contribution in [2.75, 3.05) is 9.80 Å². The topological polar surface area (TPSA) is 33.5 Å². The van der Waals surface area contributed by atoms with Gasteiger partial charge in [0.05, 0.1) is 0 Å². The second-order valence-corrected chi connectivity index (χ2v) is 27.7. The van der Waals surface area contributed by atoms with Crippen LogP contribution in [0.5, 0.6) is 11.5 Å². The number of nitrogens with zero attached hydrogens (tertiary/aromatic N) is 4. The summed E-state index contributed by atoms with van der Waals surface area (Å²) in [4.78, 5) is 9.62. The van der Waals surface area contributed by atoms with Gasteiger partial charge in [-0.3, -0.25) is 0 Å². The van der Waals surface area contributed by atoms with E-state index in [1.54, 1.807) is 0 Å². The molecule has 0 amide bonds. The number of benzene rings is 7. The second-order valence-electron chi connectivity index (χ2n) is 27.7. The molecule has 1 aliphatic heterocycles. The van der Waals surface area contributed by atoms with Crippen molar-refractivity contribution in [1.82, 2.24) is 9.55 Å². The summed E-state index contributed by atoms with van der Waals surface area (Å²) in [5, 5.41) is 2.23. The first-order chi connectivity index (χ1) is 35.9. The Morgan fingerprint density at radius 1 is 0.423 bits per heavy atom. The molecule has 0 N–H and O–H groups in total. The molecule has 0 saturated carbocycles. The average molecular weight is 1210 g/mol. The third-order valence-electron chi connectivity index (χ3n) is 15.4. The zero-order chi connectivity index (χ0) is 55.4. The monoisotopic (exact) mass is 1210 g/mol. The van der Waals surface area contributed by atoms with Crippen molar-refractivity contribution in [2.45, 2.75) is 157 Å². The van der Waals surface area contributed by atoms with Crippen LogP contribution in [0, 0.1) is 18.8 Å². The molecule has 5 nitrogen and oxygen atoms in total. The predicted octanol–water partition coefficient (Wildman–Crippen LogP) is 20.1. The molecule has 1 aliphatic rings. The van der Waals surface area contributed by atoms with Gasteiger partial charge in [-0.1, -0.05) is 197 Å². The summed E-state index contributed by atoms with van der Waals surface area (Å²) in [7, 11) is 0. The van der Waals surface area contributed by atoms with Crippen molar-refractivity contribution < 1.29 is 25.8 Å². The molecule has 6 heteroatoms. The van der Waals surface area contributed by atoms with Gasteiger partial charge in [0.15, 0.2) is 0 Å². The molecule has 10 rings (SSSR count). The maximum absolute atomic E-state index is 6.81. The van der Waals surface area contributed by atoms with Crippen LogP contribution in [0.25, 0.3) is 49.9 Å². The minimum atomic E-state index is -0.147. The summed E-state index contributed by atoms with van der Waals surface area (Å²) in [6.45, 7) is 44.0. The minimum Gasteiger partial charge on any atom is -0.509 e. The molecule has 0 fully saturated rings. The van der Waals surface area contributed by atoms with Crippen molar-refractivity contribution in [1.29, 1.82) is 0 Å². The fraction of sp³-hybridized carbons (Fsp3) is 0.333. The Labute approximate surface area is 481 Å². The molecule has 3 heterocycles. The van der Waals surface area contributed by atoms with Gasteiger partial charge in [0.1, 0.15) is 5.82 Å². The van der Waals surface area contributed by atoms with Crippen LogP contribution in [-0.4, -0.2) is 9.55 Å². The molecule has 0 aliphatic carbocycles. The van der Waals surface area contributed by atoms with Gasteiger partial charge in [-0.25, -0.2) is 4.98 Å². The van der Waals surface area contributed by atoms with Gasteiger partial charge in [0, 0.05) is 72.5 Å². The Hall–Kier alpha value is -6.42. The molecule has 7 aromatic carbocycles. The summed E-state index contributed by atoms with van der Waals surface area (Å²) in [5.41, 5.74) is 18.2. The van der Waals surface area contributed by atoms with Crippen LogP contribution in [0.3, 0.4) is 0 Å². The number of hydrogen-bond acceptors (Lipinski definition) is 4. The van der Waals surface area contributed by atoms with Crippen LogP contribution < -0.4 is 14.5 Å². The van der Waals surface area contributed by atoms with E-state index in [4.69, 9.17) is 9.72 Å². The van der Waals surface area contributed by atoms with Gasteiger partial charge < -0.3 is 19.1 Å². The molecule has 0 unspecified atom stereocenters. The zero-order valence-corrected chi connectivity index (χ0v) is 51.7. The number of pyridine rings is 1. The molecular formula is C72H79N4OPt-3. The smallest absolute Gasteiger partial charge is 0.135 e. The Kier molecular flexibility index (Phi) is 14.5. The first kappa shape index (κ1) is 56.3. The number of anilines is 4. The van der Waals surface area contributed by atoms with E-state index in [9.17, 15) is 0 Å². The van der Waals surface area contributed by atoms with E-state index in [-0.39, 0.29) is 53.6 Å². The largest absolute Gasteiger partial charge is 0.509 e. The van der Waals surface area contributed by atoms with Gasteiger partial charge in [0.25, 0.3) is 0 Å². The summed E-state index contributed by atoms with van der Waals surface area (Å²) in [6, 6.07) is 59.0. The predicted molar refractivity (Wildman–Crippen MR) is 327 cm³/mol. The van der Waals surface area contributed by atoms with E-state index in [1.807, 2.05) is 18.3 Å². The van der Waals surface area contributed by atoms with Crippen LogP contribution in [0.15, 0.2) is 146 Å². The van der Waals surface area contributed by atoms with Crippen molar-refractivity contribution in [3.63, 3.8) is 0 Å². The van der Waals surface area contributed by atoms with E-state index in [2.05, 4.69) is 285 Å². The van der Waals surface area contributed by atoms with E-state index < -0.39 is 0 Å². The summed E-state index contributed by atoms with van der Waals surface area (Å²) in [5.74, 6) is 2.05. The number of rotatable bonds is 7. The fourth-order valence-electron chi connectivity index (χ4n) is 10.5. The Bertz CT molecular complexity index is 3560. The molecule has 406 valence electrons. The van der Waals surface area contributed by atoms with Crippen molar-refractivity contribution in [3.8, 4) is 39.6 Å². The first-order valence-electron chi connectivity index (χ1n) is 27.6. The number of para-hydroxylation sites is 3. The molecule has 0 radical (unpaired) electrons. The Balaban J connectivity index is 0.00000740. The SMILES string of the molecule is CC(C)(C)c1cc(-c2cc(C(C)(C)C)cc(-c3cc(C(C)(C)C)cc(C(C)(C)C)c3)c2N2[CH-]N(c3[c-]c(Oc4[c-]c5c(cc4)c4ccccc4n5-c4cc(C(C)(C)C)ccn4)ccc3)c3ccccc32)cc(C(C)(C)C)c1.[Pt]. The van der Waals surface area contributed by atoms with Crippen LogP contribution in [0.4, 0.5) is 22.7 Å². The van der Waals surface area contributed by atoms with Crippen LogP contribution in [-0.2, 0) is 53.6 Å². The zero-order valence-electron chi connectivity index (χ0n) is 49.4. The average Bonchev–Trinajstić information content (AvgIpc) is 4.11. The molecule has 2 aromatic heterocycles. The van der Waals surface area contributed by atoms with Gasteiger partial charge in [-0.05, 0) is 125 Å². The van der Waals surface area contributed by atoms with Crippen LogP contribution >= 0.6 is 0 Å². The molecule has 9 aromatic rings. The van der Waals surface area contributed by atoms with Gasteiger partial charge in [-0.2, -0.15) is 12.1 Å². The summed E-state index contributed by atoms with van der Waals surface area (Å²) in [6.07, 6.45) is 1.91. The molecule has 78 heavy (non-hydrogen) atoms. The van der Waals surface area contributed by atoms with Crippen molar-refractivity contribution >= 4 is 44.6 Å². The Morgan fingerprint density at radius 3 is 1.42 bits per heavy atom. The number of ether oxygens (including phenoxy) is 1.